The summed E-state index contributed by atoms with van der Waals surface area (Å²) in [6.07, 6.45) is 0. The number of fused-ring (bicyclic) bond motifs is 1. The highest BCUT2D eigenvalue weighted by atomic mass is 15.0. The molecule has 0 aliphatic heterocycles. The summed E-state index contributed by atoms with van der Waals surface area (Å²) in [7, 11) is 0. The first-order valence-corrected chi connectivity index (χ1v) is 9.93. The molecule has 0 unspecified atom stereocenters. The van der Waals surface area contributed by atoms with Crippen molar-refractivity contribution in [3.8, 4) is 22.5 Å². The molecule has 0 atom stereocenters. The zero-order valence-electron chi connectivity index (χ0n) is 16.3. The number of rotatable bonds is 8. The molecule has 0 saturated carbocycles. The van der Waals surface area contributed by atoms with Crippen molar-refractivity contribution < 1.29 is 0 Å². The Morgan fingerprint density at radius 3 is 1.97 bits per heavy atom. The number of nitrogens with zero attached hydrogens (tertiary/aromatic N) is 2. The summed E-state index contributed by atoms with van der Waals surface area (Å²) in [6, 6.07) is 26.5. The molecule has 0 amide bonds. The van der Waals surface area contributed by atoms with E-state index in [1.165, 1.54) is 0 Å². The van der Waals surface area contributed by atoms with Crippen LogP contribution in [-0.2, 0) is 0 Å². The van der Waals surface area contributed by atoms with Gasteiger partial charge in [-0.1, -0.05) is 66.7 Å². The Morgan fingerprint density at radius 2 is 1.31 bits per heavy atom. The molecule has 0 bridgehead atoms. The SMILES string of the molecule is NCCNCCNc1cccc2nc(-c3ccccc3)c(-c3ccccc3)nc12. The zero-order chi connectivity index (χ0) is 19.9. The van der Waals surface area contributed by atoms with Crippen LogP contribution in [0.25, 0.3) is 33.5 Å². The second-order valence-electron chi connectivity index (χ2n) is 6.79. The summed E-state index contributed by atoms with van der Waals surface area (Å²) in [5.74, 6) is 0. The first-order chi connectivity index (χ1) is 14.4. The summed E-state index contributed by atoms with van der Waals surface area (Å²) in [5, 5.41) is 6.78. The third kappa shape index (κ3) is 4.42. The largest absolute Gasteiger partial charge is 0.382 e. The van der Waals surface area contributed by atoms with Crippen LogP contribution in [0.5, 0.6) is 0 Å². The lowest BCUT2D eigenvalue weighted by molar-refractivity contribution is 0.707. The van der Waals surface area contributed by atoms with Crippen LogP contribution in [0.15, 0.2) is 78.9 Å². The van der Waals surface area contributed by atoms with Gasteiger partial charge in [-0.05, 0) is 12.1 Å². The minimum atomic E-state index is 0.641. The molecule has 1 aromatic heterocycles. The van der Waals surface area contributed by atoms with Gasteiger partial charge in [0.1, 0.15) is 5.52 Å². The Balaban J connectivity index is 1.78. The molecule has 0 aliphatic carbocycles. The van der Waals surface area contributed by atoms with Gasteiger partial charge in [0.25, 0.3) is 0 Å². The lowest BCUT2D eigenvalue weighted by Gasteiger charge is -2.14. The van der Waals surface area contributed by atoms with E-state index in [1.807, 2.05) is 48.5 Å². The predicted molar refractivity (Wildman–Crippen MR) is 121 cm³/mol. The molecule has 4 rings (SSSR count). The average molecular weight is 383 g/mol. The molecule has 4 aromatic rings. The van der Waals surface area contributed by atoms with Crippen LogP contribution in [-0.4, -0.2) is 36.1 Å². The van der Waals surface area contributed by atoms with Crippen molar-refractivity contribution in [3.63, 3.8) is 0 Å². The van der Waals surface area contributed by atoms with Crippen molar-refractivity contribution in [3.05, 3.63) is 78.9 Å². The smallest absolute Gasteiger partial charge is 0.113 e. The van der Waals surface area contributed by atoms with Gasteiger partial charge in [0.05, 0.1) is 22.6 Å². The second kappa shape index (κ2) is 9.28. The van der Waals surface area contributed by atoms with E-state index in [4.69, 9.17) is 15.7 Å². The van der Waals surface area contributed by atoms with E-state index in [2.05, 4.69) is 41.0 Å². The van der Waals surface area contributed by atoms with Gasteiger partial charge in [0, 0.05) is 37.3 Å². The molecular weight excluding hydrogens is 358 g/mol. The van der Waals surface area contributed by atoms with Crippen molar-refractivity contribution in [2.45, 2.75) is 0 Å². The molecule has 146 valence electrons. The van der Waals surface area contributed by atoms with Crippen LogP contribution >= 0.6 is 0 Å². The molecule has 1 heterocycles. The van der Waals surface area contributed by atoms with Gasteiger partial charge in [0.15, 0.2) is 0 Å². The molecule has 4 N–H and O–H groups in total. The van der Waals surface area contributed by atoms with Crippen LogP contribution in [0.1, 0.15) is 0 Å². The Labute approximate surface area is 171 Å². The Bertz CT molecular complexity index is 1060. The van der Waals surface area contributed by atoms with Gasteiger partial charge < -0.3 is 16.4 Å². The number of para-hydroxylation sites is 1. The number of nitrogens with two attached hydrogens (primary N) is 1. The van der Waals surface area contributed by atoms with Crippen LogP contribution in [0, 0.1) is 0 Å². The summed E-state index contributed by atoms with van der Waals surface area (Å²) >= 11 is 0. The highest BCUT2D eigenvalue weighted by Gasteiger charge is 2.14. The van der Waals surface area contributed by atoms with Crippen LogP contribution in [0.2, 0.25) is 0 Å². The van der Waals surface area contributed by atoms with E-state index < -0.39 is 0 Å². The van der Waals surface area contributed by atoms with Crippen LogP contribution in [0.4, 0.5) is 5.69 Å². The normalized spacial score (nSPS) is 10.9. The fourth-order valence-electron chi connectivity index (χ4n) is 3.33. The molecule has 5 nitrogen and oxygen atoms in total. The number of hydrogen-bond donors (Lipinski definition) is 3. The molecular formula is C24H25N5. The van der Waals surface area contributed by atoms with Gasteiger partial charge in [-0.3, -0.25) is 0 Å². The highest BCUT2D eigenvalue weighted by molar-refractivity contribution is 5.93. The molecule has 5 heteroatoms. The van der Waals surface area contributed by atoms with E-state index >= 15 is 0 Å². The first-order valence-electron chi connectivity index (χ1n) is 9.93. The average Bonchev–Trinajstić information content (AvgIpc) is 2.79. The third-order valence-electron chi connectivity index (χ3n) is 4.73. The molecule has 0 saturated heterocycles. The van der Waals surface area contributed by atoms with Crippen LogP contribution in [0.3, 0.4) is 0 Å². The summed E-state index contributed by atoms with van der Waals surface area (Å²) < 4.78 is 0. The Kier molecular flexibility index (Phi) is 6.10. The molecule has 0 aliphatic rings. The van der Waals surface area contributed by atoms with Gasteiger partial charge >= 0.3 is 0 Å². The zero-order valence-corrected chi connectivity index (χ0v) is 16.3. The van der Waals surface area contributed by atoms with E-state index in [1.54, 1.807) is 0 Å². The molecule has 0 radical (unpaired) electrons. The molecule has 0 fully saturated rings. The second-order valence-corrected chi connectivity index (χ2v) is 6.79. The third-order valence-corrected chi connectivity index (χ3v) is 4.73. The summed E-state index contributed by atoms with van der Waals surface area (Å²) in [5.41, 5.74) is 12.2. The standard InChI is InChI=1S/C24H25N5/c25-14-15-26-16-17-27-20-12-7-13-21-24(20)29-23(19-10-5-2-6-11-19)22(28-21)18-8-3-1-4-9-18/h1-13,26-27H,14-17,25H2. The van der Waals surface area contributed by atoms with Crippen molar-refractivity contribution in [2.24, 2.45) is 5.73 Å². The summed E-state index contributed by atoms with van der Waals surface area (Å²) in [6.45, 7) is 3.09. The fourth-order valence-corrected chi connectivity index (χ4v) is 3.33. The Hall–Kier alpha value is -3.28. The van der Waals surface area contributed by atoms with Gasteiger partial charge in [0.2, 0.25) is 0 Å². The van der Waals surface area contributed by atoms with Gasteiger partial charge in [-0.15, -0.1) is 0 Å². The number of benzene rings is 3. The molecule has 0 spiro atoms. The van der Waals surface area contributed by atoms with Gasteiger partial charge in [-0.25, -0.2) is 9.97 Å². The molecule has 29 heavy (non-hydrogen) atoms. The van der Waals surface area contributed by atoms with E-state index in [0.29, 0.717) is 6.54 Å². The van der Waals surface area contributed by atoms with Gasteiger partial charge in [-0.2, -0.15) is 0 Å². The van der Waals surface area contributed by atoms with Crippen molar-refractivity contribution >= 4 is 16.7 Å². The predicted octanol–water partition coefficient (Wildman–Crippen LogP) is 3.92. The first kappa shape index (κ1) is 19.1. The fraction of sp³-hybridized carbons (Fsp3) is 0.167. The number of hydrogen-bond acceptors (Lipinski definition) is 5. The Morgan fingerprint density at radius 1 is 0.655 bits per heavy atom. The van der Waals surface area contributed by atoms with Crippen LogP contribution < -0.4 is 16.4 Å². The lowest BCUT2D eigenvalue weighted by Crippen LogP contribution is -2.27. The maximum Gasteiger partial charge on any atom is 0.113 e. The van der Waals surface area contributed by atoms with E-state index in [9.17, 15) is 0 Å². The van der Waals surface area contributed by atoms with Crippen molar-refractivity contribution in [1.82, 2.24) is 15.3 Å². The minimum absolute atomic E-state index is 0.641. The lowest BCUT2D eigenvalue weighted by atomic mass is 10.0. The number of nitrogens with one attached hydrogen (secondary N) is 2. The molecule has 3 aromatic carbocycles. The summed E-state index contributed by atoms with van der Waals surface area (Å²) in [4.78, 5) is 10.1. The topological polar surface area (TPSA) is 75.9 Å². The number of anilines is 1. The minimum Gasteiger partial charge on any atom is -0.382 e. The van der Waals surface area contributed by atoms with Crippen molar-refractivity contribution in [2.75, 3.05) is 31.5 Å². The maximum atomic E-state index is 5.53. The quantitative estimate of drug-likeness (QED) is 0.402. The monoisotopic (exact) mass is 383 g/mol. The van der Waals surface area contributed by atoms with E-state index in [0.717, 1.165) is 58.9 Å². The maximum absolute atomic E-state index is 5.53. The van der Waals surface area contributed by atoms with Crippen molar-refractivity contribution in [1.29, 1.82) is 0 Å². The van der Waals surface area contributed by atoms with E-state index in [-0.39, 0.29) is 0 Å². The highest BCUT2D eigenvalue weighted by Crippen LogP contribution is 2.32. The number of aromatic nitrogens is 2.